The zero-order valence-corrected chi connectivity index (χ0v) is 17.2. The molecule has 1 aliphatic heterocycles. The summed E-state index contributed by atoms with van der Waals surface area (Å²) in [6, 6.07) is 0.539. The van der Waals surface area contributed by atoms with Crippen LogP contribution in [0, 0.1) is 5.92 Å². The molecule has 3 N–H and O–H groups in total. The lowest BCUT2D eigenvalue weighted by Gasteiger charge is -2.31. The van der Waals surface area contributed by atoms with Crippen molar-refractivity contribution in [3.63, 3.8) is 0 Å². The topological polar surface area (TPSA) is 103 Å². The molecule has 2 heterocycles. The number of carbonyl (C=O) groups excluding carboxylic acids is 3. The molecule has 3 unspecified atom stereocenters. The van der Waals surface area contributed by atoms with Crippen molar-refractivity contribution in [3.05, 3.63) is 23.9 Å². The van der Waals surface area contributed by atoms with Crippen LogP contribution in [0.25, 0.3) is 0 Å². The normalized spacial score (nSPS) is 18.0. The fourth-order valence-electron chi connectivity index (χ4n) is 3.10. The maximum atomic E-state index is 13.4. The van der Waals surface area contributed by atoms with Crippen LogP contribution in [0.4, 0.5) is 19.0 Å². The Morgan fingerprint density at radius 2 is 1.93 bits per heavy atom. The molecule has 0 radical (unpaired) electrons. The predicted octanol–water partition coefficient (Wildman–Crippen LogP) is 0.767. The summed E-state index contributed by atoms with van der Waals surface area (Å²) < 4.78 is 37.6. The maximum Gasteiger partial charge on any atom is 0.405 e. The molecule has 2 rings (SSSR count). The van der Waals surface area contributed by atoms with Crippen LogP contribution in [0.5, 0.6) is 0 Å². The van der Waals surface area contributed by atoms with E-state index in [4.69, 9.17) is 0 Å². The fraction of sp³-hybridized carbons (Fsp3) is 0.579. The molecule has 0 bridgehead atoms. The van der Waals surface area contributed by atoms with Gasteiger partial charge in [-0.15, -0.1) is 0 Å². The summed E-state index contributed by atoms with van der Waals surface area (Å²) in [4.78, 5) is 43.4. The number of anilines is 1. The molecular formula is C19H26F3N5O3. The zero-order chi connectivity index (χ0) is 22.6. The van der Waals surface area contributed by atoms with Crippen LogP contribution in [0.1, 0.15) is 26.3 Å². The molecule has 0 saturated heterocycles. The van der Waals surface area contributed by atoms with Gasteiger partial charge in [0.25, 0.3) is 5.91 Å². The molecule has 1 aromatic rings. The molecule has 3 atom stereocenters. The summed E-state index contributed by atoms with van der Waals surface area (Å²) in [7, 11) is 1.60. The number of hydrogen-bond donors (Lipinski definition) is 3. The number of pyridine rings is 1. The van der Waals surface area contributed by atoms with Gasteiger partial charge in [-0.2, -0.15) is 13.2 Å². The van der Waals surface area contributed by atoms with E-state index in [1.807, 2.05) is 5.32 Å². The van der Waals surface area contributed by atoms with Gasteiger partial charge in [0, 0.05) is 12.6 Å². The highest BCUT2D eigenvalue weighted by Crippen LogP contribution is 2.31. The lowest BCUT2D eigenvalue weighted by molar-refractivity contribution is -0.139. The van der Waals surface area contributed by atoms with Crippen molar-refractivity contribution < 1.29 is 27.6 Å². The number of nitrogens with one attached hydrogen (secondary N) is 3. The Bertz CT molecular complexity index is 800. The van der Waals surface area contributed by atoms with Gasteiger partial charge in [-0.05, 0) is 31.5 Å². The fourth-order valence-corrected chi connectivity index (χ4v) is 3.10. The number of nitrogens with zero attached hydrogens (tertiary/aromatic N) is 2. The van der Waals surface area contributed by atoms with Gasteiger partial charge >= 0.3 is 6.18 Å². The molecule has 0 spiro atoms. The first kappa shape index (κ1) is 23.6. The summed E-state index contributed by atoms with van der Waals surface area (Å²) in [5.41, 5.74) is 0.565. The SMILES string of the molecule is CNC(C)C(=O)NC(C(=O)N1c2ncccc2CC1C(=O)NCC(F)(F)F)C(C)C. The average Bonchev–Trinajstić information content (AvgIpc) is 3.07. The molecule has 166 valence electrons. The minimum absolute atomic E-state index is 0.0320. The average molecular weight is 429 g/mol. The largest absolute Gasteiger partial charge is 0.405 e. The van der Waals surface area contributed by atoms with Crippen molar-refractivity contribution in [2.45, 2.75) is 51.5 Å². The third-order valence-electron chi connectivity index (χ3n) is 4.88. The molecule has 0 aliphatic carbocycles. The van der Waals surface area contributed by atoms with Crippen molar-refractivity contribution in [1.82, 2.24) is 20.9 Å². The van der Waals surface area contributed by atoms with E-state index in [1.165, 1.54) is 6.20 Å². The van der Waals surface area contributed by atoms with Crippen LogP contribution in [0.15, 0.2) is 18.3 Å². The number of halogens is 3. The predicted molar refractivity (Wildman–Crippen MR) is 104 cm³/mol. The van der Waals surface area contributed by atoms with Crippen molar-refractivity contribution in [2.24, 2.45) is 5.92 Å². The number of amides is 3. The van der Waals surface area contributed by atoms with Crippen LogP contribution in [0.3, 0.4) is 0 Å². The minimum atomic E-state index is -4.58. The lowest BCUT2D eigenvalue weighted by atomic mass is 10.0. The molecular weight excluding hydrogens is 403 g/mol. The van der Waals surface area contributed by atoms with E-state index >= 15 is 0 Å². The molecule has 30 heavy (non-hydrogen) atoms. The number of rotatable bonds is 7. The number of hydrogen-bond acceptors (Lipinski definition) is 5. The third-order valence-corrected chi connectivity index (χ3v) is 4.88. The molecule has 1 aliphatic rings. The molecule has 1 aromatic heterocycles. The second-order valence-corrected chi connectivity index (χ2v) is 7.49. The monoisotopic (exact) mass is 429 g/mol. The third kappa shape index (κ3) is 5.47. The zero-order valence-electron chi connectivity index (χ0n) is 17.2. The Hall–Kier alpha value is -2.69. The molecule has 0 fully saturated rings. The van der Waals surface area contributed by atoms with Gasteiger partial charge in [-0.1, -0.05) is 19.9 Å². The molecule has 8 nitrogen and oxygen atoms in total. The molecule has 11 heteroatoms. The van der Waals surface area contributed by atoms with E-state index in [2.05, 4.69) is 15.6 Å². The van der Waals surface area contributed by atoms with Crippen LogP contribution in [-0.4, -0.2) is 60.6 Å². The highest BCUT2D eigenvalue weighted by atomic mass is 19.4. The van der Waals surface area contributed by atoms with Gasteiger partial charge in [0.1, 0.15) is 24.4 Å². The van der Waals surface area contributed by atoms with Crippen molar-refractivity contribution >= 4 is 23.5 Å². The van der Waals surface area contributed by atoms with Gasteiger partial charge in [0.05, 0.1) is 6.04 Å². The molecule has 0 aromatic carbocycles. The van der Waals surface area contributed by atoms with Gasteiger partial charge in [-0.3, -0.25) is 19.3 Å². The molecule has 3 amide bonds. The summed E-state index contributed by atoms with van der Waals surface area (Å²) in [6.07, 6.45) is -3.11. The summed E-state index contributed by atoms with van der Waals surface area (Å²) in [5, 5.41) is 7.27. The second-order valence-electron chi connectivity index (χ2n) is 7.49. The maximum absolute atomic E-state index is 13.4. The number of carbonyl (C=O) groups is 3. The van der Waals surface area contributed by atoms with E-state index in [1.54, 1.807) is 40.0 Å². The van der Waals surface area contributed by atoms with E-state index in [0.29, 0.717) is 5.56 Å². The van der Waals surface area contributed by atoms with E-state index in [9.17, 15) is 27.6 Å². The first-order valence-electron chi connectivity index (χ1n) is 9.55. The number of aromatic nitrogens is 1. The highest BCUT2D eigenvalue weighted by molar-refractivity contribution is 6.06. The van der Waals surface area contributed by atoms with Crippen molar-refractivity contribution in [1.29, 1.82) is 0 Å². The van der Waals surface area contributed by atoms with Crippen LogP contribution in [0.2, 0.25) is 0 Å². The number of likely N-dealkylation sites (N-methyl/N-ethyl adjacent to an activating group) is 1. The lowest BCUT2D eigenvalue weighted by Crippen LogP contribution is -2.58. The first-order chi connectivity index (χ1) is 14.0. The van der Waals surface area contributed by atoms with Crippen LogP contribution < -0.4 is 20.9 Å². The Balaban J connectivity index is 2.32. The smallest absolute Gasteiger partial charge is 0.345 e. The standard InChI is InChI=1S/C19H26F3N5O3/c1-10(2)14(26-16(28)11(3)23-4)18(30)27-13(17(29)25-9-19(20,21)22)8-12-6-5-7-24-15(12)27/h5-7,10-11,13-14,23H,8-9H2,1-4H3,(H,25,29)(H,26,28). The second kappa shape index (κ2) is 9.41. The summed E-state index contributed by atoms with van der Waals surface area (Å²) >= 11 is 0. The van der Waals surface area contributed by atoms with Crippen molar-refractivity contribution in [2.75, 3.05) is 18.5 Å². The van der Waals surface area contributed by atoms with Crippen LogP contribution in [-0.2, 0) is 20.8 Å². The Kier molecular flexibility index (Phi) is 7.40. The summed E-state index contributed by atoms with van der Waals surface area (Å²) in [5.74, 6) is -2.08. The van der Waals surface area contributed by atoms with E-state index in [-0.39, 0.29) is 18.2 Å². The molecule has 0 saturated carbocycles. The Morgan fingerprint density at radius 3 is 2.50 bits per heavy atom. The van der Waals surface area contributed by atoms with Gasteiger partial charge in [0.15, 0.2) is 0 Å². The first-order valence-corrected chi connectivity index (χ1v) is 9.55. The highest BCUT2D eigenvalue weighted by Gasteiger charge is 2.43. The number of alkyl halides is 3. The van der Waals surface area contributed by atoms with E-state index < -0.39 is 48.6 Å². The Morgan fingerprint density at radius 1 is 1.27 bits per heavy atom. The van der Waals surface area contributed by atoms with E-state index in [0.717, 1.165) is 4.90 Å². The summed E-state index contributed by atoms with van der Waals surface area (Å²) in [6.45, 7) is 3.57. The van der Waals surface area contributed by atoms with Gasteiger partial charge < -0.3 is 16.0 Å². The number of fused-ring (bicyclic) bond motifs is 1. The van der Waals surface area contributed by atoms with Gasteiger partial charge in [0.2, 0.25) is 11.8 Å². The quantitative estimate of drug-likeness (QED) is 0.594. The van der Waals surface area contributed by atoms with Gasteiger partial charge in [-0.25, -0.2) is 4.98 Å². The van der Waals surface area contributed by atoms with Crippen molar-refractivity contribution in [3.8, 4) is 0 Å². The van der Waals surface area contributed by atoms with Crippen LogP contribution >= 0.6 is 0 Å². The minimum Gasteiger partial charge on any atom is -0.345 e. The Labute approximate surface area is 172 Å².